The number of benzene rings is 1. The number of hydrogen-bond acceptors (Lipinski definition) is 1. The molecule has 3 heteroatoms. The van der Waals surface area contributed by atoms with Gasteiger partial charge in [0.05, 0.1) is 10.5 Å². The summed E-state index contributed by atoms with van der Waals surface area (Å²) in [7, 11) is 0. The van der Waals surface area contributed by atoms with Crippen LogP contribution in [0.2, 0.25) is 5.02 Å². The lowest BCUT2D eigenvalue weighted by Gasteiger charge is -2.04. The van der Waals surface area contributed by atoms with Gasteiger partial charge in [0.25, 0.3) is 0 Å². The van der Waals surface area contributed by atoms with Crippen molar-refractivity contribution in [2.45, 2.75) is 27.7 Å². The van der Waals surface area contributed by atoms with Crippen LogP contribution >= 0.6 is 11.6 Å². The number of aromatic nitrogens is 1. The fourth-order valence-corrected chi connectivity index (χ4v) is 1.55. The molecule has 0 spiro atoms. The number of rotatable bonds is 0. The highest BCUT2D eigenvalue weighted by Crippen LogP contribution is 2.24. The lowest BCUT2D eigenvalue weighted by atomic mass is 10.1. The van der Waals surface area contributed by atoms with Gasteiger partial charge in [0, 0.05) is 11.1 Å². The van der Waals surface area contributed by atoms with Gasteiger partial charge in [-0.15, -0.1) is 0 Å². The maximum Gasteiger partial charge on any atom is 0.151 e. The number of fused-ring (bicyclic) bond motifs is 1. The Hall–Kier alpha value is -1.15. The zero-order chi connectivity index (χ0) is 12.3. The zero-order valence-electron chi connectivity index (χ0n) is 9.94. The Morgan fingerprint density at radius 3 is 2.44 bits per heavy atom. The molecule has 16 heavy (non-hydrogen) atoms. The van der Waals surface area contributed by atoms with Crippen molar-refractivity contribution in [2.24, 2.45) is 0 Å². The molecule has 0 fully saturated rings. The van der Waals surface area contributed by atoms with Crippen LogP contribution in [0.1, 0.15) is 25.1 Å². The molecular formula is C13H15ClFN. The molecule has 1 aromatic heterocycles. The standard InChI is InChI=1S/C11H9ClFN.C2H6/c1-6-5-8-10(14-7(6)2)4-3-9(12)11(8)13;1-2/h3-5H,1-2H3;1-2H3. The molecule has 0 unspecified atom stereocenters. The van der Waals surface area contributed by atoms with Gasteiger partial charge < -0.3 is 0 Å². The maximum absolute atomic E-state index is 13.5. The van der Waals surface area contributed by atoms with E-state index in [0.29, 0.717) is 10.9 Å². The Bertz CT molecular complexity index is 509. The highest BCUT2D eigenvalue weighted by Gasteiger charge is 2.07. The minimum atomic E-state index is -0.389. The first kappa shape index (κ1) is 12.9. The molecule has 0 aliphatic rings. The van der Waals surface area contributed by atoms with Gasteiger partial charge in [0.2, 0.25) is 0 Å². The van der Waals surface area contributed by atoms with Gasteiger partial charge in [0.1, 0.15) is 0 Å². The molecule has 0 saturated heterocycles. The van der Waals surface area contributed by atoms with Crippen LogP contribution in [-0.2, 0) is 0 Å². The van der Waals surface area contributed by atoms with Crippen molar-refractivity contribution in [1.82, 2.24) is 4.98 Å². The summed E-state index contributed by atoms with van der Waals surface area (Å²) < 4.78 is 13.5. The number of pyridine rings is 1. The van der Waals surface area contributed by atoms with Crippen LogP contribution in [0.5, 0.6) is 0 Å². The largest absolute Gasteiger partial charge is 0.253 e. The Balaban J connectivity index is 0.000000606. The number of nitrogens with zero attached hydrogens (tertiary/aromatic N) is 1. The second-order valence-electron chi connectivity index (χ2n) is 3.32. The predicted octanol–water partition coefficient (Wildman–Crippen LogP) is 4.67. The molecule has 0 N–H and O–H groups in total. The van der Waals surface area contributed by atoms with Crippen molar-refractivity contribution in [1.29, 1.82) is 0 Å². The summed E-state index contributed by atoms with van der Waals surface area (Å²) in [6, 6.07) is 5.03. The average Bonchev–Trinajstić information content (AvgIpc) is 2.30. The van der Waals surface area contributed by atoms with Crippen LogP contribution in [0.25, 0.3) is 10.9 Å². The highest BCUT2D eigenvalue weighted by atomic mass is 35.5. The topological polar surface area (TPSA) is 12.9 Å². The zero-order valence-corrected chi connectivity index (χ0v) is 10.7. The first-order chi connectivity index (χ1) is 7.59. The molecule has 0 radical (unpaired) electrons. The Labute approximate surface area is 100 Å². The Morgan fingerprint density at radius 1 is 1.19 bits per heavy atom. The maximum atomic E-state index is 13.5. The van der Waals surface area contributed by atoms with Gasteiger partial charge in [0.15, 0.2) is 5.82 Å². The van der Waals surface area contributed by atoms with Crippen molar-refractivity contribution in [3.8, 4) is 0 Å². The summed E-state index contributed by atoms with van der Waals surface area (Å²) in [5.74, 6) is -0.389. The van der Waals surface area contributed by atoms with Gasteiger partial charge in [-0.3, -0.25) is 4.98 Å². The van der Waals surface area contributed by atoms with Crippen LogP contribution in [0.3, 0.4) is 0 Å². The van der Waals surface area contributed by atoms with E-state index in [-0.39, 0.29) is 10.8 Å². The van der Waals surface area contributed by atoms with Gasteiger partial charge >= 0.3 is 0 Å². The van der Waals surface area contributed by atoms with E-state index in [4.69, 9.17) is 11.6 Å². The van der Waals surface area contributed by atoms with Gasteiger partial charge in [-0.05, 0) is 37.6 Å². The van der Waals surface area contributed by atoms with Crippen LogP contribution in [0.15, 0.2) is 18.2 Å². The van der Waals surface area contributed by atoms with E-state index in [2.05, 4.69) is 4.98 Å². The Morgan fingerprint density at radius 2 is 1.81 bits per heavy atom. The minimum Gasteiger partial charge on any atom is -0.253 e. The monoisotopic (exact) mass is 239 g/mol. The van der Waals surface area contributed by atoms with Gasteiger partial charge in [-0.1, -0.05) is 25.4 Å². The third-order valence-corrected chi connectivity index (χ3v) is 2.62. The molecule has 1 heterocycles. The van der Waals surface area contributed by atoms with Crippen molar-refractivity contribution in [3.05, 3.63) is 40.3 Å². The molecule has 0 atom stereocenters. The molecular weight excluding hydrogens is 225 g/mol. The van der Waals surface area contributed by atoms with Crippen LogP contribution < -0.4 is 0 Å². The average molecular weight is 240 g/mol. The smallest absolute Gasteiger partial charge is 0.151 e. The van der Waals surface area contributed by atoms with Crippen molar-refractivity contribution in [2.75, 3.05) is 0 Å². The van der Waals surface area contributed by atoms with Crippen molar-refractivity contribution in [3.63, 3.8) is 0 Å². The molecule has 0 amide bonds. The highest BCUT2D eigenvalue weighted by molar-refractivity contribution is 6.31. The quantitative estimate of drug-likeness (QED) is 0.651. The van der Waals surface area contributed by atoms with Gasteiger partial charge in [-0.25, -0.2) is 4.39 Å². The van der Waals surface area contributed by atoms with Crippen LogP contribution in [0.4, 0.5) is 4.39 Å². The van der Waals surface area contributed by atoms with E-state index in [0.717, 1.165) is 11.3 Å². The summed E-state index contributed by atoms with van der Waals surface area (Å²) in [6.07, 6.45) is 0. The molecule has 2 rings (SSSR count). The fraction of sp³-hybridized carbons (Fsp3) is 0.308. The third kappa shape index (κ3) is 2.33. The summed E-state index contributed by atoms with van der Waals surface area (Å²) in [5.41, 5.74) is 2.54. The number of aryl methyl sites for hydroxylation is 2. The van der Waals surface area contributed by atoms with Crippen molar-refractivity contribution < 1.29 is 4.39 Å². The van der Waals surface area contributed by atoms with E-state index >= 15 is 0 Å². The summed E-state index contributed by atoms with van der Waals surface area (Å²) in [5, 5.41) is 0.628. The SMILES string of the molecule is CC.Cc1cc2c(F)c(Cl)ccc2nc1C. The van der Waals surface area contributed by atoms with Crippen molar-refractivity contribution >= 4 is 22.5 Å². The van der Waals surface area contributed by atoms with Gasteiger partial charge in [-0.2, -0.15) is 0 Å². The summed E-state index contributed by atoms with van der Waals surface area (Å²) in [4.78, 5) is 4.28. The molecule has 0 aliphatic heterocycles. The lowest BCUT2D eigenvalue weighted by Crippen LogP contribution is -1.90. The van der Waals surface area contributed by atoms with E-state index in [1.54, 1.807) is 12.1 Å². The molecule has 0 saturated carbocycles. The van der Waals surface area contributed by atoms with E-state index in [1.165, 1.54) is 6.07 Å². The van der Waals surface area contributed by atoms with E-state index < -0.39 is 0 Å². The summed E-state index contributed by atoms with van der Waals surface area (Å²) in [6.45, 7) is 7.81. The first-order valence-electron chi connectivity index (χ1n) is 5.31. The second kappa shape index (κ2) is 5.26. The number of halogens is 2. The third-order valence-electron chi connectivity index (χ3n) is 2.33. The second-order valence-corrected chi connectivity index (χ2v) is 3.73. The minimum absolute atomic E-state index is 0.141. The molecule has 86 valence electrons. The Kier molecular flexibility index (Phi) is 4.25. The summed E-state index contributed by atoms with van der Waals surface area (Å²) >= 11 is 5.68. The molecule has 0 bridgehead atoms. The molecule has 2 aromatic rings. The molecule has 1 nitrogen and oxygen atoms in total. The van der Waals surface area contributed by atoms with Crippen LogP contribution in [-0.4, -0.2) is 4.98 Å². The normalized spacial score (nSPS) is 9.88. The fourth-order valence-electron chi connectivity index (χ4n) is 1.38. The molecule has 1 aromatic carbocycles. The number of hydrogen-bond donors (Lipinski definition) is 0. The van der Waals surface area contributed by atoms with E-state index in [9.17, 15) is 4.39 Å². The molecule has 0 aliphatic carbocycles. The first-order valence-corrected chi connectivity index (χ1v) is 5.69. The predicted molar refractivity (Wildman–Crippen MR) is 67.5 cm³/mol. The lowest BCUT2D eigenvalue weighted by molar-refractivity contribution is 0.640. The van der Waals surface area contributed by atoms with E-state index in [1.807, 2.05) is 27.7 Å². The van der Waals surface area contributed by atoms with Crippen LogP contribution in [0, 0.1) is 19.7 Å².